The molecule has 3 nitrogen and oxygen atoms in total. The molecule has 0 unspecified atom stereocenters. The molecule has 1 aromatic carbocycles. The van der Waals surface area contributed by atoms with Gasteiger partial charge in [0.25, 0.3) is 0 Å². The molecule has 0 heterocycles. The molecule has 0 amide bonds. The largest absolute Gasteiger partial charge is 0.514 e. The molecule has 0 fully saturated rings. The normalized spacial score (nSPS) is 8.94. The lowest BCUT2D eigenvalue weighted by Gasteiger charge is -2.09. The highest BCUT2D eigenvalue weighted by Crippen LogP contribution is 2.22. The Morgan fingerprint density at radius 2 is 2.00 bits per heavy atom. The van der Waals surface area contributed by atoms with E-state index in [9.17, 15) is 4.79 Å². The van der Waals surface area contributed by atoms with Gasteiger partial charge in [-0.05, 0) is 28.9 Å². The number of carbonyl (C=O) groups is 1. The van der Waals surface area contributed by atoms with Gasteiger partial charge in [0, 0.05) is 22.6 Å². The molecule has 0 N–H and O–H groups in total. The summed E-state index contributed by atoms with van der Waals surface area (Å²) in [7, 11) is 0. The Labute approximate surface area is 108 Å². The second-order valence-corrected chi connectivity index (χ2v) is 3.67. The maximum atomic E-state index is 11.3. The number of carbonyl (C=O) groups excluding carboxylic acids is 1. The second-order valence-electron chi connectivity index (χ2n) is 3.13. The molecule has 0 atom stereocenters. The van der Waals surface area contributed by atoms with Crippen LogP contribution in [0.3, 0.4) is 0 Å². The molecule has 4 heteroatoms. The lowest BCUT2D eigenvalue weighted by Crippen LogP contribution is -2.12. The molecule has 0 aromatic heterocycles. The van der Waals surface area contributed by atoms with Gasteiger partial charge in [-0.25, -0.2) is 4.79 Å². The monoisotopic (exact) mass is 330 g/mol. The van der Waals surface area contributed by atoms with Crippen LogP contribution in [0.5, 0.6) is 5.75 Å². The summed E-state index contributed by atoms with van der Waals surface area (Å²) >= 11 is 1.88. The zero-order valence-electron chi connectivity index (χ0n) is 9.04. The van der Waals surface area contributed by atoms with Crippen molar-refractivity contribution in [3.63, 3.8) is 0 Å². The standard InChI is InChI=1S/C12H11IO3/c1-9-5-3-6-10(2)11(9)16-12(14)15-8-4-7-13/h3,5-6H,8H2,1-2H3. The fraction of sp³-hybridized carbons (Fsp3) is 0.250. The fourth-order valence-corrected chi connectivity index (χ4v) is 1.35. The number of para-hydroxylation sites is 1. The molecule has 0 bridgehead atoms. The van der Waals surface area contributed by atoms with Crippen molar-refractivity contribution in [1.29, 1.82) is 0 Å². The maximum Gasteiger partial charge on any atom is 0.514 e. The van der Waals surface area contributed by atoms with Gasteiger partial charge in [0.15, 0.2) is 6.61 Å². The Hall–Kier alpha value is -1.22. The van der Waals surface area contributed by atoms with Crippen molar-refractivity contribution in [3.05, 3.63) is 29.3 Å². The van der Waals surface area contributed by atoms with E-state index in [2.05, 4.69) is 9.85 Å². The minimum absolute atomic E-state index is 0.0483. The highest BCUT2D eigenvalue weighted by atomic mass is 127. The summed E-state index contributed by atoms with van der Waals surface area (Å²) in [5.74, 6) is 3.16. The van der Waals surface area contributed by atoms with Crippen LogP contribution in [0.25, 0.3) is 0 Å². The molecular weight excluding hydrogens is 319 g/mol. The van der Waals surface area contributed by atoms with Gasteiger partial charge < -0.3 is 9.47 Å². The van der Waals surface area contributed by atoms with Gasteiger partial charge in [0.2, 0.25) is 0 Å². The predicted molar refractivity (Wildman–Crippen MR) is 69.7 cm³/mol. The summed E-state index contributed by atoms with van der Waals surface area (Å²) in [6.45, 7) is 3.80. The van der Waals surface area contributed by atoms with Crippen LogP contribution in [0.2, 0.25) is 0 Å². The summed E-state index contributed by atoms with van der Waals surface area (Å²) in [6.07, 6.45) is -0.725. The van der Waals surface area contributed by atoms with Crippen molar-refractivity contribution < 1.29 is 14.3 Å². The smallest absolute Gasteiger partial charge is 0.421 e. The van der Waals surface area contributed by atoms with E-state index in [0.717, 1.165) is 11.1 Å². The van der Waals surface area contributed by atoms with Crippen LogP contribution in [-0.2, 0) is 4.74 Å². The van der Waals surface area contributed by atoms with Gasteiger partial charge in [0.1, 0.15) is 5.75 Å². The van der Waals surface area contributed by atoms with Crippen molar-refractivity contribution in [3.8, 4) is 15.6 Å². The molecule has 0 saturated heterocycles. The van der Waals surface area contributed by atoms with Crippen molar-refractivity contribution in [1.82, 2.24) is 0 Å². The van der Waals surface area contributed by atoms with Crippen LogP contribution in [0.4, 0.5) is 4.79 Å². The Morgan fingerprint density at radius 1 is 1.38 bits per heavy atom. The SMILES string of the molecule is Cc1cccc(C)c1OC(=O)OCC#CI. The first-order valence-electron chi connectivity index (χ1n) is 4.64. The first kappa shape index (κ1) is 12.8. The van der Waals surface area contributed by atoms with Crippen LogP contribution in [-0.4, -0.2) is 12.8 Å². The number of ether oxygens (including phenoxy) is 2. The van der Waals surface area contributed by atoms with Gasteiger partial charge in [-0.1, -0.05) is 24.1 Å². The quantitative estimate of drug-likeness (QED) is 0.362. The van der Waals surface area contributed by atoms with Crippen LogP contribution in [0, 0.1) is 23.7 Å². The van der Waals surface area contributed by atoms with E-state index in [1.165, 1.54) is 0 Å². The molecule has 0 aliphatic rings. The van der Waals surface area contributed by atoms with Crippen LogP contribution >= 0.6 is 22.6 Å². The Morgan fingerprint density at radius 3 is 2.56 bits per heavy atom. The molecule has 1 aromatic rings. The highest BCUT2D eigenvalue weighted by Gasteiger charge is 2.09. The van der Waals surface area contributed by atoms with Crippen LogP contribution in [0.15, 0.2) is 18.2 Å². The van der Waals surface area contributed by atoms with Crippen molar-refractivity contribution >= 4 is 28.7 Å². The molecule has 16 heavy (non-hydrogen) atoms. The fourth-order valence-electron chi connectivity index (χ4n) is 1.20. The molecule has 0 aliphatic carbocycles. The van der Waals surface area contributed by atoms with Gasteiger partial charge in [-0.15, -0.1) is 0 Å². The van der Waals surface area contributed by atoms with Crippen molar-refractivity contribution in [2.24, 2.45) is 0 Å². The first-order valence-corrected chi connectivity index (χ1v) is 5.72. The number of halogens is 1. The average molecular weight is 330 g/mol. The Bertz CT molecular complexity index is 423. The van der Waals surface area contributed by atoms with Crippen molar-refractivity contribution in [2.45, 2.75) is 13.8 Å². The molecular formula is C12H11IO3. The number of benzene rings is 1. The van der Waals surface area contributed by atoms with E-state index in [1.54, 1.807) is 0 Å². The summed E-state index contributed by atoms with van der Waals surface area (Å²) in [6, 6.07) is 5.66. The van der Waals surface area contributed by atoms with E-state index in [0.29, 0.717) is 5.75 Å². The van der Waals surface area contributed by atoms with E-state index in [1.807, 2.05) is 54.6 Å². The van der Waals surface area contributed by atoms with Crippen LogP contribution < -0.4 is 4.74 Å². The predicted octanol–water partition coefficient (Wildman–Crippen LogP) is 3.21. The highest BCUT2D eigenvalue weighted by molar-refractivity contribution is 14.1. The second kappa shape index (κ2) is 6.38. The van der Waals surface area contributed by atoms with Crippen LogP contribution in [0.1, 0.15) is 11.1 Å². The molecule has 0 spiro atoms. The number of aryl methyl sites for hydroxylation is 2. The van der Waals surface area contributed by atoms with E-state index in [4.69, 9.17) is 9.47 Å². The maximum absolute atomic E-state index is 11.3. The van der Waals surface area contributed by atoms with Gasteiger partial charge >= 0.3 is 6.16 Å². The number of hydrogen-bond acceptors (Lipinski definition) is 3. The third-order valence-corrected chi connectivity index (χ3v) is 2.30. The Kier molecular flexibility index (Phi) is 5.12. The summed E-state index contributed by atoms with van der Waals surface area (Å²) in [5.41, 5.74) is 1.80. The third-order valence-electron chi connectivity index (χ3n) is 1.92. The average Bonchev–Trinajstić information content (AvgIpc) is 2.24. The molecule has 0 saturated carbocycles. The van der Waals surface area contributed by atoms with Gasteiger partial charge in [0.05, 0.1) is 0 Å². The summed E-state index contributed by atoms with van der Waals surface area (Å²) < 4.78 is 12.4. The number of hydrogen-bond donors (Lipinski definition) is 0. The van der Waals surface area contributed by atoms with E-state index >= 15 is 0 Å². The molecule has 1 rings (SSSR count). The summed E-state index contributed by atoms with van der Waals surface area (Å²) in [4.78, 5) is 11.3. The first-order chi connectivity index (χ1) is 7.65. The topological polar surface area (TPSA) is 35.5 Å². The summed E-state index contributed by atoms with van der Waals surface area (Å²) in [5, 5.41) is 0. The van der Waals surface area contributed by atoms with Gasteiger partial charge in [-0.3, -0.25) is 0 Å². The molecule has 0 aliphatic heterocycles. The van der Waals surface area contributed by atoms with Crippen molar-refractivity contribution in [2.75, 3.05) is 6.61 Å². The lowest BCUT2D eigenvalue weighted by atomic mass is 10.1. The minimum Gasteiger partial charge on any atom is -0.421 e. The molecule has 0 radical (unpaired) electrons. The zero-order valence-corrected chi connectivity index (χ0v) is 11.2. The molecule has 84 valence electrons. The van der Waals surface area contributed by atoms with E-state index < -0.39 is 6.16 Å². The zero-order chi connectivity index (χ0) is 12.0. The number of rotatable bonds is 2. The Balaban J connectivity index is 2.65. The lowest BCUT2D eigenvalue weighted by molar-refractivity contribution is 0.111. The van der Waals surface area contributed by atoms with Gasteiger partial charge in [-0.2, -0.15) is 0 Å². The minimum atomic E-state index is -0.725. The third kappa shape index (κ3) is 3.74. The van der Waals surface area contributed by atoms with E-state index in [-0.39, 0.29) is 6.61 Å².